The van der Waals surface area contributed by atoms with Gasteiger partial charge in [-0.25, -0.2) is 0 Å². The monoisotopic (exact) mass is 227 g/mol. The van der Waals surface area contributed by atoms with E-state index in [0.717, 1.165) is 30.5 Å². The van der Waals surface area contributed by atoms with E-state index in [2.05, 4.69) is 39.6 Å². The van der Waals surface area contributed by atoms with Gasteiger partial charge in [0, 0.05) is 12.5 Å². The zero-order valence-corrected chi connectivity index (χ0v) is 11.5. The van der Waals surface area contributed by atoms with Crippen LogP contribution < -0.4 is 5.32 Å². The highest BCUT2D eigenvalue weighted by Gasteiger charge is 2.30. The molecule has 3 nitrogen and oxygen atoms in total. The van der Waals surface area contributed by atoms with Gasteiger partial charge >= 0.3 is 0 Å². The van der Waals surface area contributed by atoms with Crippen LogP contribution in [0.2, 0.25) is 0 Å². The van der Waals surface area contributed by atoms with Gasteiger partial charge in [-0.2, -0.15) is 0 Å². The minimum Gasteiger partial charge on any atom is -0.305 e. The van der Waals surface area contributed by atoms with E-state index in [9.17, 15) is 4.79 Å². The van der Waals surface area contributed by atoms with Gasteiger partial charge in [0.25, 0.3) is 5.91 Å². The zero-order valence-electron chi connectivity index (χ0n) is 11.5. The third-order valence-corrected chi connectivity index (χ3v) is 3.48. The molecule has 0 aromatic heterocycles. The molecular formula is C13H27N2O+. The molecule has 1 N–H and O–H groups in total. The van der Waals surface area contributed by atoms with E-state index in [1.165, 1.54) is 0 Å². The fourth-order valence-corrected chi connectivity index (χ4v) is 2.18. The number of quaternary nitrogens is 1. The van der Waals surface area contributed by atoms with Gasteiger partial charge in [-0.3, -0.25) is 4.79 Å². The average Bonchev–Trinajstić information content (AvgIpc) is 2.25. The summed E-state index contributed by atoms with van der Waals surface area (Å²) in [5.74, 6) is -0.0343. The largest absolute Gasteiger partial charge is 0.305 e. The Morgan fingerprint density at radius 3 is 2.12 bits per heavy atom. The van der Waals surface area contributed by atoms with Gasteiger partial charge in [0.05, 0.1) is 19.6 Å². The van der Waals surface area contributed by atoms with Crippen molar-refractivity contribution in [2.45, 2.75) is 47.2 Å². The van der Waals surface area contributed by atoms with Crippen LogP contribution in [0.3, 0.4) is 0 Å². The SMILES string of the molecule is C=C(C)C(=O)NC(C)[N+](CC)(CC)CCC. The van der Waals surface area contributed by atoms with Crippen molar-refractivity contribution in [3.63, 3.8) is 0 Å². The number of amides is 1. The Kier molecular flexibility index (Phi) is 6.34. The molecule has 1 unspecified atom stereocenters. The summed E-state index contributed by atoms with van der Waals surface area (Å²) in [6, 6.07) is 0. The molecule has 3 heteroatoms. The molecule has 0 aromatic rings. The summed E-state index contributed by atoms with van der Waals surface area (Å²) in [4.78, 5) is 11.6. The van der Waals surface area contributed by atoms with Crippen LogP contribution in [-0.2, 0) is 4.79 Å². The van der Waals surface area contributed by atoms with Gasteiger partial charge < -0.3 is 9.80 Å². The summed E-state index contributed by atoms with van der Waals surface area (Å²) in [5.41, 5.74) is 0.577. The molecule has 0 aliphatic carbocycles. The fourth-order valence-electron chi connectivity index (χ4n) is 2.18. The Balaban J connectivity index is 4.67. The lowest BCUT2D eigenvalue weighted by Crippen LogP contribution is -2.61. The van der Waals surface area contributed by atoms with Crippen molar-refractivity contribution >= 4 is 5.91 Å². The third kappa shape index (κ3) is 3.63. The van der Waals surface area contributed by atoms with Crippen LogP contribution in [0.1, 0.15) is 41.0 Å². The van der Waals surface area contributed by atoms with Crippen molar-refractivity contribution in [2.24, 2.45) is 0 Å². The van der Waals surface area contributed by atoms with Crippen LogP contribution in [0.15, 0.2) is 12.2 Å². The third-order valence-electron chi connectivity index (χ3n) is 3.48. The fraction of sp³-hybridized carbons (Fsp3) is 0.769. The maximum absolute atomic E-state index is 11.6. The molecule has 94 valence electrons. The number of hydrogen-bond acceptors (Lipinski definition) is 1. The average molecular weight is 227 g/mol. The first-order chi connectivity index (χ1) is 7.43. The Morgan fingerprint density at radius 2 is 1.81 bits per heavy atom. The smallest absolute Gasteiger partial charge is 0.250 e. The Morgan fingerprint density at radius 1 is 1.31 bits per heavy atom. The summed E-state index contributed by atoms with van der Waals surface area (Å²) < 4.78 is 0.940. The number of rotatable bonds is 7. The first-order valence-corrected chi connectivity index (χ1v) is 6.25. The maximum atomic E-state index is 11.6. The van der Waals surface area contributed by atoms with E-state index in [1.54, 1.807) is 6.92 Å². The van der Waals surface area contributed by atoms with Crippen LogP contribution in [-0.4, -0.2) is 36.2 Å². The minimum absolute atomic E-state index is 0.0343. The van der Waals surface area contributed by atoms with E-state index in [1.807, 2.05) is 0 Å². The number of nitrogens with zero attached hydrogens (tertiary/aromatic N) is 1. The molecule has 16 heavy (non-hydrogen) atoms. The first kappa shape index (κ1) is 15.2. The van der Waals surface area contributed by atoms with Crippen molar-refractivity contribution in [1.29, 1.82) is 0 Å². The van der Waals surface area contributed by atoms with Crippen molar-refractivity contribution < 1.29 is 9.28 Å². The molecule has 1 atom stereocenters. The molecule has 0 aliphatic heterocycles. The van der Waals surface area contributed by atoms with Gasteiger partial charge in [0.1, 0.15) is 0 Å². The topological polar surface area (TPSA) is 29.1 Å². The highest BCUT2D eigenvalue weighted by Crippen LogP contribution is 2.13. The number of carbonyl (C=O) groups is 1. The van der Waals surface area contributed by atoms with Crippen molar-refractivity contribution in [3.8, 4) is 0 Å². The predicted molar refractivity (Wildman–Crippen MR) is 68.9 cm³/mol. The van der Waals surface area contributed by atoms with Gasteiger partial charge in [0.15, 0.2) is 6.17 Å². The molecule has 0 rings (SSSR count). The summed E-state index contributed by atoms with van der Waals surface area (Å²) in [6.07, 6.45) is 1.29. The molecule has 0 fully saturated rings. The quantitative estimate of drug-likeness (QED) is 0.403. The second kappa shape index (κ2) is 6.69. The van der Waals surface area contributed by atoms with Crippen LogP contribution in [0.5, 0.6) is 0 Å². The normalized spacial score (nSPS) is 13.3. The van der Waals surface area contributed by atoms with Crippen molar-refractivity contribution in [1.82, 2.24) is 5.32 Å². The summed E-state index contributed by atoms with van der Waals surface area (Å²) in [7, 11) is 0. The first-order valence-electron chi connectivity index (χ1n) is 6.25. The minimum atomic E-state index is -0.0343. The second-order valence-corrected chi connectivity index (χ2v) is 4.50. The van der Waals surface area contributed by atoms with E-state index in [0.29, 0.717) is 5.57 Å². The van der Waals surface area contributed by atoms with E-state index in [-0.39, 0.29) is 12.1 Å². The van der Waals surface area contributed by atoms with E-state index >= 15 is 0 Å². The molecule has 0 aliphatic rings. The highest BCUT2D eigenvalue weighted by atomic mass is 16.2. The standard InChI is InChI=1S/C13H26N2O/c1-7-10-15(8-2,9-3)12(6)14-13(16)11(4)5/h12H,4,7-10H2,1-3,5-6H3/p+1. The number of nitrogens with one attached hydrogen (secondary N) is 1. The Labute approximate surface area is 100 Å². The predicted octanol–water partition coefficient (Wildman–Crippen LogP) is 2.29. The highest BCUT2D eigenvalue weighted by molar-refractivity contribution is 5.92. The Bertz CT molecular complexity index is 244. The van der Waals surface area contributed by atoms with Gasteiger partial charge in [0.2, 0.25) is 0 Å². The van der Waals surface area contributed by atoms with E-state index < -0.39 is 0 Å². The molecule has 0 heterocycles. The van der Waals surface area contributed by atoms with Gasteiger partial charge in [-0.05, 0) is 27.2 Å². The number of hydrogen-bond donors (Lipinski definition) is 1. The molecular weight excluding hydrogens is 200 g/mol. The molecule has 0 spiro atoms. The molecule has 0 aromatic carbocycles. The molecule has 0 bridgehead atoms. The zero-order chi connectivity index (χ0) is 12.8. The lowest BCUT2D eigenvalue weighted by Gasteiger charge is -2.42. The summed E-state index contributed by atoms with van der Waals surface area (Å²) in [6.45, 7) is 17.2. The van der Waals surface area contributed by atoms with Crippen molar-refractivity contribution in [2.75, 3.05) is 19.6 Å². The maximum Gasteiger partial charge on any atom is 0.250 e. The lowest BCUT2D eigenvalue weighted by atomic mass is 10.2. The van der Waals surface area contributed by atoms with Crippen LogP contribution in [0.4, 0.5) is 0 Å². The van der Waals surface area contributed by atoms with Crippen LogP contribution in [0.25, 0.3) is 0 Å². The molecule has 1 amide bonds. The van der Waals surface area contributed by atoms with Crippen LogP contribution >= 0.6 is 0 Å². The Hall–Kier alpha value is -0.830. The molecule has 0 radical (unpaired) electrons. The summed E-state index contributed by atoms with van der Waals surface area (Å²) >= 11 is 0. The van der Waals surface area contributed by atoms with Crippen molar-refractivity contribution in [3.05, 3.63) is 12.2 Å². The summed E-state index contributed by atoms with van der Waals surface area (Å²) in [5, 5.41) is 3.04. The second-order valence-electron chi connectivity index (χ2n) is 4.50. The van der Waals surface area contributed by atoms with Gasteiger partial charge in [-0.15, -0.1) is 0 Å². The van der Waals surface area contributed by atoms with Crippen LogP contribution in [0, 0.1) is 0 Å². The molecule has 0 saturated heterocycles. The molecule has 0 saturated carbocycles. The lowest BCUT2D eigenvalue weighted by molar-refractivity contribution is -0.948. The van der Waals surface area contributed by atoms with E-state index in [4.69, 9.17) is 0 Å². The number of carbonyl (C=O) groups excluding carboxylic acids is 1. The van der Waals surface area contributed by atoms with Gasteiger partial charge in [-0.1, -0.05) is 13.5 Å².